The van der Waals surface area contributed by atoms with Crippen LogP contribution in [0.1, 0.15) is 33.6 Å². The van der Waals surface area contributed by atoms with Crippen molar-refractivity contribution in [3.05, 3.63) is 0 Å². The van der Waals surface area contributed by atoms with E-state index in [-0.39, 0.29) is 17.2 Å². The molecule has 1 saturated heterocycles. The zero-order valence-corrected chi connectivity index (χ0v) is 16.6. The highest BCUT2D eigenvalue weighted by Crippen LogP contribution is 2.38. The van der Waals surface area contributed by atoms with Crippen LogP contribution >= 0.6 is 0 Å². The molecule has 1 aliphatic heterocycles. The molecule has 0 N–H and O–H groups in total. The Labute approximate surface area is 127 Å². The molecule has 20 heavy (non-hydrogen) atoms. The molecular formula is C16H32O2Si2. The Hall–Kier alpha value is -0.0862. The SMILES string of the molecule is CC(C)(C)[Si](C)(C)O[C@H]1CCCO[C@H]1C#C[Si](C)(C)C. The number of ether oxygens (including phenoxy) is 1. The predicted molar refractivity (Wildman–Crippen MR) is 92.2 cm³/mol. The summed E-state index contributed by atoms with van der Waals surface area (Å²) in [5, 5.41) is 0.237. The summed E-state index contributed by atoms with van der Waals surface area (Å²) in [6, 6.07) is 0. The van der Waals surface area contributed by atoms with Gasteiger partial charge in [-0.15, -0.1) is 5.54 Å². The van der Waals surface area contributed by atoms with Crippen molar-refractivity contribution in [2.45, 2.75) is 83.6 Å². The van der Waals surface area contributed by atoms with Crippen LogP contribution in [0.4, 0.5) is 0 Å². The summed E-state index contributed by atoms with van der Waals surface area (Å²) >= 11 is 0. The molecule has 0 aliphatic carbocycles. The highest BCUT2D eigenvalue weighted by molar-refractivity contribution is 6.83. The van der Waals surface area contributed by atoms with Gasteiger partial charge in [-0.1, -0.05) is 46.3 Å². The van der Waals surface area contributed by atoms with Gasteiger partial charge in [0.05, 0.1) is 6.10 Å². The highest BCUT2D eigenvalue weighted by Gasteiger charge is 2.41. The molecular weight excluding hydrogens is 280 g/mol. The van der Waals surface area contributed by atoms with Crippen LogP contribution < -0.4 is 0 Å². The Morgan fingerprint density at radius 1 is 1.10 bits per heavy atom. The van der Waals surface area contributed by atoms with E-state index < -0.39 is 16.4 Å². The van der Waals surface area contributed by atoms with Gasteiger partial charge in [0.1, 0.15) is 14.2 Å². The third-order valence-electron chi connectivity index (χ3n) is 4.11. The minimum atomic E-state index is -1.75. The maximum Gasteiger partial charge on any atom is 0.192 e. The lowest BCUT2D eigenvalue weighted by atomic mass is 10.1. The molecule has 0 spiro atoms. The van der Waals surface area contributed by atoms with Gasteiger partial charge in [0.25, 0.3) is 0 Å². The fraction of sp³-hybridized carbons (Fsp3) is 0.875. The van der Waals surface area contributed by atoms with Gasteiger partial charge in [0.15, 0.2) is 8.32 Å². The highest BCUT2D eigenvalue weighted by atomic mass is 28.4. The van der Waals surface area contributed by atoms with Crippen LogP contribution in [0.15, 0.2) is 0 Å². The fourth-order valence-corrected chi connectivity index (χ4v) is 3.78. The van der Waals surface area contributed by atoms with Gasteiger partial charge in [0, 0.05) is 6.61 Å². The van der Waals surface area contributed by atoms with Crippen molar-refractivity contribution in [3.8, 4) is 11.5 Å². The van der Waals surface area contributed by atoms with E-state index in [4.69, 9.17) is 9.16 Å². The molecule has 0 saturated carbocycles. The summed E-state index contributed by atoms with van der Waals surface area (Å²) in [4.78, 5) is 0. The summed E-state index contributed by atoms with van der Waals surface area (Å²) in [5.41, 5.74) is 3.45. The van der Waals surface area contributed by atoms with Gasteiger partial charge in [-0.05, 0) is 31.0 Å². The van der Waals surface area contributed by atoms with Crippen LogP contribution in [0, 0.1) is 11.5 Å². The smallest absolute Gasteiger partial charge is 0.192 e. The van der Waals surface area contributed by atoms with E-state index in [9.17, 15) is 0 Å². The molecule has 0 bridgehead atoms. The second kappa shape index (κ2) is 6.35. The van der Waals surface area contributed by atoms with Crippen molar-refractivity contribution >= 4 is 16.4 Å². The zero-order chi connectivity index (χ0) is 15.6. The van der Waals surface area contributed by atoms with Crippen molar-refractivity contribution in [2.24, 2.45) is 0 Å². The summed E-state index contributed by atoms with van der Waals surface area (Å²) in [5.74, 6) is 3.37. The first-order valence-electron chi connectivity index (χ1n) is 7.74. The monoisotopic (exact) mass is 312 g/mol. The largest absolute Gasteiger partial charge is 0.410 e. The lowest BCUT2D eigenvalue weighted by Gasteiger charge is -2.41. The molecule has 2 atom stereocenters. The fourth-order valence-electron chi connectivity index (χ4n) is 1.85. The molecule has 0 aromatic carbocycles. The van der Waals surface area contributed by atoms with E-state index in [1.807, 2.05) is 0 Å². The number of hydrogen-bond acceptors (Lipinski definition) is 2. The normalized spacial score (nSPS) is 25.0. The van der Waals surface area contributed by atoms with E-state index in [2.05, 4.69) is 65.0 Å². The first-order chi connectivity index (χ1) is 8.92. The Bertz CT molecular complexity index is 380. The van der Waals surface area contributed by atoms with Crippen LogP contribution in [0.2, 0.25) is 37.8 Å². The number of hydrogen-bond donors (Lipinski definition) is 0. The second-order valence-corrected chi connectivity index (χ2v) is 17.9. The zero-order valence-electron chi connectivity index (χ0n) is 14.6. The molecule has 1 heterocycles. The van der Waals surface area contributed by atoms with Crippen molar-refractivity contribution in [3.63, 3.8) is 0 Å². The van der Waals surface area contributed by atoms with Gasteiger partial charge in [-0.3, -0.25) is 0 Å². The van der Waals surface area contributed by atoms with E-state index in [1.54, 1.807) is 0 Å². The topological polar surface area (TPSA) is 18.5 Å². The first kappa shape index (κ1) is 18.0. The van der Waals surface area contributed by atoms with Crippen molar-refractivity contribution in [1.82, 2.24) is 0 Å². The van der Waals surface area contributed by atoms with Gasteiger partial charge >= 0.3 is 0 Å². The Morgan fingerprint density at radius 2 is 1.70 bits per heavy atom. The summed E-state index contributed by atoms with van der Waals surface area (Å²) in [7, 11) is -3.10. The average Bonchev–Trinajstić information content (AvgIpc) is 2.24. The molecule has 0 aromatic rings. The van der Waals surface area contributed by atoms with Crippen molar-refractivity contribution in [1.29, 1.82) is 0 Å². The Balaban J connectivity index is 2.82. The lowest BCUT2D eigenvalue weighted by Crippen LogP contribution is -2.48. The minimum absolute atomic E-state index is 0.0235. The second-order valence-electron chi connectivity index (χ2n) is 8.37. The molecule has 1 fully saturated rings. The van der Waals surface area contributed by atoms with Crippen LogP contribution in [0.5, 0.6) is 0 Å². The molecule has 2 nitrogen and oxygen atoms in total. The molecule has 0 unspecified atom stereocenters. The van der Waals surface area contributed by atoms with Gasteiger partial charge < -0.3 is 9.16 Å². The maximum atomic E-state index is 6.55. The third-order valence-corrected chi connectivity index (χ3v) is 9.51. The van der Waals surface area contributed by atoms with Gasteiger partial charge in [0.2, 0.25) is 0 Å². The van der Waals surface area contributed by atoms with Crippen LogP contribution in [-0.4, -0.2) is 35.2 Å². The molecule has 1 aliphatic rings. The Kier molecular flexibility index (Phi) is 5.70. The standard InChI is InChI=1S/C16H32O2Si2/c1-16(2,3)20(7,8)18-15-10-9-12-17-14(15)11-13-19(4,5)6/h14-15H,9-10,12H2,1-8H3/t14-,15-/m0/s1. The van der Waals surface area contributed by atoms with E-state index in [0.717, 1.165) is 19.4 Å². The Morgan fingerprint density at radius 3 is 2.20 bits per heavy atom. The van der Waals surface area contributed by atoms with Crippen molar-refractivity contribution in [2.75, 3.05) is 6.61 Å². The maximum absolute atomic E-state index is 6.55. The molecule has 116 valence electrons. The lowest BCUT2D eigenvalue weighted by molar-refractivity contribution is -0.0371. The summed E-state index contributed by atoms with van der Waals surface area (Å²) in [6.07, 6.45) is 2.31. The quantitative estimate of drug-likeness (QED) is 0.554. The van der Waals surface area contributed by atoms with Crippen LogP contribution in [-0.2, 0) is 9.16 Å². The third kappa shape index (κ3) is 5.36. The van der Waals surface area contributed by atoms with E-state index in [0.29, 0.717) is 0 Å². The summed E-state index contributed by atoms with van der Waals surface area (Å²) in [6.45, 7) is 19.1. The van der Waals surface area contributed by atoms with Gasteiger partial charge in [-0.25, -0.2) is 0 Å². The molecule has 0 amide bonds. The molecule has 0 radical (unpaired) electrons. The van der Waals surface area contributed by atoms with Crippen LogP contribution in [0.3, 0.4) is 0 Å². The van der Waals surface area contributed by atoms with Crippen molar-refractivity contribution < 1.29 is 9.16 Å². The first-order valence-corrected chi connectivity index (χ1v) is 14.2. The minimum Gasteiger partial charge on any atom is -0.410 e. The average molecular weight is 313 g/mol. The summed E-state index contributed by atoms with van der Waals surface area (Å²) < 4.78 is 12.4. The number of rotatable bonds is 2. The van der Waals surface area contributed by atoms with Gasteiger partial charge in [-0.2, -0.15) is 0 Å². The molecule has 0 aromatic heterocycles. The van der Waals surface area contributed by atoms with E-state index in [1.165, 1.54) is 0 Å². The molecule has 4 heteroatoms. The predicted octanol–water partition coefficient (Wildman–Crippen LogP) is 4.44. The molecule has 1 rings (SSSR count). The van der Waals surface area contributed by atoms with E-state index >= 15 is 0 Å². The van der Waals surface area contributed by atoms with Crippen LogP contribution in [0.25, 0.3) is 0 Å².